The van der Waals surface area contributed by atoms with Crippen LogP contribution in [-0.4, -0.2) is 18.5 Å². The Morgan fingerprint density at radius 3 is 2.53 bits per heavy atom. The number of amides is 1. The highest BCUT2D eigenvalue weighted by molar-refractivity contribution is 5.96. The normalized spacial score (nSPS) is 10.7. The van der Waals surface area contributed by atoms with Crippen molar-refractivity contribution in [1.82, 2.24) is 5.32 Å². The Balaban J connectivity index is 1.32. The van der Waals surface area contributed by atoms with E-state index in [1.54, 1.807) is 12.1 Å². The van der Waals surface area contributed by atoms with Gasteiger partial charge in [-0.1, -0.05) is 48.0 Å². The second-order valence-electron chi connectivity index (χ2n) is 8.51. The highest BCUT2D eigenvalue weighted by Gasteiger charge is 2.15. The third kappa shape index (κ3) is 6.39. The summed E-state index contributed by atoms with van der Waals surface area (Å²) in [6.45, 7) is 4.69. The quantitative estimate of drug-likeness (QED) is 0.153. The van der Waals surface area contributed by atoms with E-state index in [2.05, 4.69) is 5.32 Å². The zero-order valence-electron chi connectivity index (χ0n) is 20.2. The number of ether oxygens (including phenoxy) is 2. The maximum absolute atomic E-state index is 12.5. The minimum Gasteiger partial charge on any atom is -0.493 e. The van der Waals surface area contributed by atoms with Crippen LogP contribution in [0.2, 0.25) is 0 Å². The van der Waals surface area contributed by atoms with Crippen molar-refractivity contribution in [2.24, 2.45) is 0 Å². The predicted molar refractivity (Wildman–Crippen MR) is 136 cm³/mol. The van der Waals surface area contributed by atoms with Gasteiger partial charge in [-0.05, 0) is 55.7 Å². The summed E-state index contributed by atoms with van der Waals surface area (Å²) in [5.74, 6) is 0.116. The Morgan fingerprint density at radius 1 is 0.944 bits per heavy atom. The number of nitrogens with one attached hydrogen (secondary N) is 1. The summed E-state index contributed by atoms with van der Waals surface area (Å²) in [7, 11) is 0. The number of hydrogen-bond donors (Lipinski definition) is 1. The molecule has 184 valence electrons. The van der Waals surface area contributed by atoms with Gasteiger partial charge in [-0.15, -0.1) is 0 Å². The van der Waals surface area contributed by atoms with Crippen LogP contribution < -0.4 is 20.4 Å². The lowest BCUT2D eigenvalue weighted by molar-refractivity contribution is -0.134. The highest BCUT2D eigenvalue weighted by Crippen LogP contribution is 2.22. The molecule has 0 aliphatic heterocycles. The Bertz CT molecular complexity index is 1440. The van der Waals surface area contributed by atoms with Crippen molar-refractivity contribution < 1.29 is 23.5 Å². The smallest absolute Gasteiger partial charge is 0.349 e. The van der Waals surface area contributed by atoms with Crippen LogP contribution in [-0.2, 0) is 11.3 Å². The largest absolute Gasteiger partial charge is 0.493 e. The van der Waals surface area contributed by atoms with Crippen molar-refractivity contribution >= 4 is 22.8 Å². The van der Waals surface area contributed by atoms with E-state index in [9.17, 15) is 14.4 Å². The van der Waals surface area contributed by atoms with E-state index in [0.29, 0.717) is 25.0 Å². The molecule has 4 aromatic rings. The summed E-state index contributed by atoms with van der Waals surface area (Å²) >= 11 is 0. The number of fused-ring (bicyclic) bond motifs is 1. The molecule has 0 aliphatic carbocycles. The van der Waals surface area contributed by atoms with Crippen LogP contribution in [0.5, 0.6) is 11.5 Å². The summed E-state index contributed by atoms with van der Waals surface area (Å²) < 4.78 is 16.5. The average Bonchev–Trinajstić information content (AvgIpc) is 2.86. The number of benzene rings is 3. The Morgan fingerprint density at radius 2 is 1.75 bits per heavy atom. The molecular weight excluding hydrogens is 458 g/mol. The molecule has 0 aliphatic rings. The first-order chi connectivity index (χ1) is 17.4. The van der Waals surface area contributed by atoms with E-state index in [1.807, 2.05) is 62.4 Å². The number of esters is 1. The fraction of sp³-hybridized carbons (Fsp3) is 0.207. The second kappa shape index (κ2) is 11.4. The van der Waals surface area contributed by atoms with Gasteiger partial charge < -0.3 is 19.2 Å². The molecule has 0 saturated carbocycles. The minimum absolute atomic E-state index is 0.0908. The van der Waals surface area contributed by atoms with Crippen LogP contribution >= 0.6 is 0 Å². The molecule has 1 N–H and O–H groups in total. The van der Waals surface area contributed by atoms with E-state index in [-0.39, 0.29) is 23.3 Å². The molecule has 7 heteroatoms. The van der Waals surface area contributed by atoms with Crippen molar-refractivity contribution in [3.8, 4) is 11.5 Å². The SMILES string of the molecule is Cc1ccc(OCCCC(=O)Oc2ccc3cc(C(=O)NCc4ccccc4)c(=O)oc3c2)c(C)c1. The zero-order chi connectivity index (χ0) is 25.5. The molecule has 0 spiro atoms. The van der Waals surface area contributed by atoms with Gasteiger partial charge in [0, 0.05) is 24.4 Å². The van der Waals surface area contributed by atoms with Crippen molar-refractivity contribution in [3.05, 3.63) is 105 Å². The van der Waals surface area contributed by atoms with Crippen LogP contribution in [0.25, 0.3) is 11.0 Å². The van der Waals surface area contributed by atoms with Crippen molar-refractivity contribution in [3.63, 3.8) is 0 Å². The third-order valence-corrected chi connectivity index (χ3v) is 5.59. The lowest BCUT2D eigenvalue weighted by atomic mass is 10.1. The van der Waals surface area contributed by atoms with Crippen molar-refractivity contribution in [2.75, 3.05) is 6.61 Å². The molecule has 1 heterocycles. The lowest BCUT2D eigenvalue weighted by Gasteiger charge is -2.10. The van der Waals surface area contributed by atoms with Crippen molar-refractivity contribution in [1.29, 1.82) is 0 Å². The molecular formula is C29H27NO6. The van der Waals surface area contributed by atoms with Crippen LogP contribution in [0.15, 0.2) is 82.0 Å². The average molecular weight is 486 g/mol. The van der Waals surface area contributed by atoms with Gasteiger partial charge in [0.25, 0.3) is 5.91 Å². The molecule has 0 radical (unpaired) electrons. The fourth-order valence-corrected chi connectivity index (χ4v) is 3.73. The molecule has 0 bridgehead atoms. The van der Waals surface area contributed by atoms with Crippen LogP contribution in [0.4, 0.5) is 0 Å². The molecule has 1 aromatic heterocycles. The van der Waals surface area contributed by atoms with E-state index < -0.39 is 17.5 Å². The zero-order valence-corrected chi connectivity index (χ0v) is 20.2. The minimum atomic E-state index is -0.764. The van der Waals surface area contributed by atoms with Crippen LogP contribution in [0.1, 0.15) is 39.9 Å². The third-order valence-electron chi connectivity index (χ3n) is 5.59. The maximum Gasteiger partial charge on any atom is 0.349 e. The first kappa shape index (κ1) is 24.7. The fourth-order valence-electron chi connectivity index (χ4n) is 3.73. The van der Waals surface area contributed by atoms with Gasteiger partial charge in [0.05, 0.1) is 6.61 Å². The van der Waals surface area contributed by atoms with E-state index in [4.69, 9.17) is 13.9 Å². The van der Waals surface area contributed by atoms with Crippen LogP contribution in [0.3, 0.4) is 0 Å². The maximum atomic E-state index is 12.5. The van der Waals surface area contributed by atoms with Gasteiger partial charge in [0.15, 0.2) is 0 Å². The second-order valence-corrected chi connectivity index (χ2v) is 8.51. The summed E-state index contributed by atoms with van der Waals surface area (Å²) in [4.78, 5) is 37.1. The molecule has 0 unspecified atom stereocenters. The summed E-state index contributed by atoms with van der Waals surface area (Å²) in [5.41, 5.74) is 2.50. The van der Waals surface area contributed by atoms with Gasteiger partial charge in [-0.3, -0.25) is 9.59 Å². The molecule has 36 heavy (non-hydrogen) atoms. The molecule has 4 rings (SSSR count). The number of hydrogen-bond acceptors (Lipinski definition) is 6. The summed E-state index contributed by atoms with van der Waals surface area (Å²) in [6, 6.07) is 21.5. The number of aryl methyl sites for hydroxylation is 2. The Labute approximate surface area is 208 Å². The van der Waals surface area contributed by atoms with E-state index in [1.165, 1.54) is 12.1 Å². The van der Waals surface area contributed by atoms with Gasteiger partial charge in [-0.2, -0.15) is 0 Å². The van der Waals surface area contributed by atoms with Gasteiger partial charge in [0.1, 0.15) is 22.6 Å². The number of carbonyl (C=O) groups is 2. The number of rotatable bonds is 9. The Kier molecular flexibility index (Phi) is 7.80. The topological polar surface area (TPSA) is 94.8 Å². The standard InChI is InChI=1S/C29H27NO6/c1-19-10-13-25(20(2)15-19)34-14-6-9-27(31)35-23-12-11-22-16-24(29(33)36-26(22)17-23)28(32)30-18-21-7-4-3-5-8-21/h3-5,7-8,10-13,15-17H,6,9,14,18H2,1-2H3,(H,30,32). The van der Waals surface area contributed by atoms with Crippen molar-refractivity contribution in [2.45, 2.75) is 33.2 Å². The van der Waals surface area contributed by atoms with E-state index in [0.717, 1.165) is 22.4 Å². The molecule has 1 amide bonds. The predicted octanol–water partition coefficient (Wildman–Crippen LogP) is 5.10. The first-order valence-electron chi connectivity index (χ1n) is 11.7. The molecule has 0 saturated heterocycles. The lowest BCUT2D eigenvalue weighted by Crippen LogP contribution is -2.27. The molecule has 0 atom stereocenters. The van der Waals surface area contributed by atoms with Gasteiger partial charge >= 0.3 is 11.6 Å². The summed E-state index contributed by atoms with van der Waals surface area (Å²) in [5, 5.41) is 3.26. The molecule has 3 aromatic carbocycles. The first-order valence-corrected chi connectivity index (χ1v) is 11.7. The monoisotopic (exact) mass is 485 g/mol. The van der Waals surface area contributed by atoms with Crippen LogP contribution in [0, 0.1) is 13.8 Å². The van der Waals surface area contributed by atoms with E-state index >= 15 is 0 Å². The highest BCUT2D eigenvalue weighted by atomic mass is 16.5. The summed E-state index contributed by atoms with van der Waals surface area (Å²) in [6.07, 6.45) is 0.670. The van der Waals surface area contributed by atoms with Gasteiger partial charge in [-0.25, -0.2) is 4.79 Å². The molecule has 0 fully saturated rings. The van der Waals surface area contributed by atoms with Gasteiger partial charge in [0.2, 0.25) is 0 Å². The Hall–Kier alpha value is -4.39. The molecule has 7 nitrogen and oxygen atoms in total. The number of carbonyl (C=O) groups excluding carboxylic acids is 2.